The average molecular weight is 215 g/mol. The largest absolute Gasteiger partial charge is 0.453 e. The molecule has 1 aliphatic heterocycles. The van der Waals surface area contributed by atoms with Crippen LogP contribution in [-0.2, 0) is 4.74 Å². The van der Waals surface area contributed by atoms with Crippen molar-refractivity contribution in [1.82, 2.24) is 10.2 Å². The number of ether oxygens (including phenoxy) is 1. The Bertz CT molecular complexity index is 211. The summed E-state index contributed by atoms with van der Waals surface area (Å²) < 4.78 is 4.57. The van der Waals surface area contributed by atoms with Gasteiger partial charge in [0.1, 0.15) is 0 Å². The standard InChI is InChI=1S/C10H21N3O2/c1-8(3-5-11)13-6-4-9(7-13)12-10(14)15-2/h8-9H,3-7,11H2,1-2H3,(H,12,14). The molecule has 0 aromatic heterocycles. The Kier molecular flexibility index (Phi) is 4.84. The number of alkyl carbamates (subject to hydrolysis) is 1. The van der Waals surface area contributed by atoms with Crippen LogP contribution in [0.2, 0.25) is 0 Å². The van der Waals surface area contributed by atoms with Crippen LogP contribution in [0.4, 0.5) is 4.79 Å². The Morgan fingerprint density at radius 1 is 1.73 bits per heavy atom. The summed E-state index contributed by atoms with van der Waals surface area (Å²) in [4.78, 5) is 13.4. The van der Waals surface area contributed by atoms with E-state index in [2.05, 4.69) is 21.9 Å². The van der Waals surface area contributed by atoms with Gasteiger partial charge in [0.05, 0.1) is 7.11 Å². The number of carbonyl (C=O) groups excluding carboxylic acids is 1. The molecule has 0 aromatic rings. The topological polar surface area (TPSA) is 67.6 Å². The SMILES string of the molecule is COC(=O)NC1CCN(C(C)CCN)C1. The molecule has 0 saturated carbocycles. The van der Waals surface area contributed by atoms with Crippen molar-refractivity contribution in [2.45, 2.75) is 31.8 Å². The molecule has 1 heterocycles. The summed E-state index contributed by atoms with van der Waals surface area (Å²) in [5.74, 6) is 0. The van der Waals surface area contributed by atoms with Gasteiger partial charge in [0.15, 0.2) is 0 Å². The maximum atomic E-state index is 11.0. The van der Waals surface area contributed by atoms with Gasteiger partial charge in [-0.3, -0.25) is 4.90 Å². The Morgan fingerprint density at radius 2 is 2.47 bits per heavy atom. The van der Waals surface area contributed by atoms with Crippen LogP contribution in [0.3, 0.4) is 0 Å². The highest BCUT2D eigenvalue weighted by Crippen LogP contribution is 2.14. The quantitative estimate of drug-likeness (QED) is 0.700. The number of carbonyl (C=O) groups is 1. The van der Waals surface area contributed by atoms with Crippen LogP contribution in [0.25, 0.3) is 0 Å². The van der Waals surface area contributed by atoms with E-state index in [1.54, 1.807) is 0 Å². The maximum Gasteiger partial charge on any atom is 0.407 e. The van der Waals surface area contributed by atoms with Gasteiger partial charge in [-0.25, -0.2) is 4.79 Å². The molecule has 1 saturated heterocycles. The highest BCUT2D eigenvalue weighted by Gasteiger charge is 2.26. The summed E-state index contributed by atoms with van der Waals surface area (Å²) in [5, 5.41) is 2.82. The number of amides is 1. The fourth-order valence-electron chi connectivity index (χ4n) is 1.95. The molecule has 0 aliphatic carbocycles. The van der Waals surface area contributed by atoms with Crippen molar-refractivity contribution in [3.63, 3.8) is 0 Å². The molecule has 1 rings (SSSR count). The lowest BCUT2D eigenvalue weighted by molar-refractivity contribution is 0.165. The van der Waals surface area contributed by atoms with E-state index in [0.29, 0.717) is 12.6 Å². The molecule has 1 aliphatic rings. The van der Waals surface area contributed by atoms with Crippen LogP contribution in [0, 0.1) is 0 Å². The minimum absolute atomic E-state index is 0.220. The lowest BCUT2D eigenvalue weighted by Crippen LogP contribution is -2.39. The predicted octanol–water partition coefficient (Wildman–Crippen LogP) is 0.154. The van der Waals surface area contributed by atoms with Crippen molar-refractivity contribution in [2.75, 3.05) is 26.7 Å². The van der Waals surface area contributed by atoms with E-state index >= 15 is 0 Å². The molecule has 1 fully saturated rings. The molecule has 88 valence electrons. The van der Waals surface area contributed by atoms with E-state index < -0.39 is 0 Å². The van der Waals surface area contributed by atoms with E-state index in [1.165, 1.54) is 7.11 Å². The Hall–Kier alpha value is -0.810. The highest BCUT2D eigenvalue weighted by molar-refractivity contribution is 5.67. The van der Waals surface area contributed by atoms with Gasteiger partial charge < -0.3 is 15.8 Å². The smallest absolute Gasteiger partial charge is 0.407 e. The number of rotatable bonds is 4. The number of nitrogens with zero attached hydrogens (tertiary/aromatic N) is 1. The first-order valence-corrected chi connectivity index (χ1v) is 5.46. The zero-order valence-electron chi connectivity index (χ0n) is 9.53. The Morgan fingerprint density at radius 3 is 3.07 bits per heavy atom. The minimum atomic E-state index is -0.340. The Labute approximate surface area is 90.9 Å². The molecule has 15 heavy (non-hydrogen) atoms. The van der Waals surface area contributed by atoms with Crippen LogP contribution in [0.15, 0.2) is 0 Å². The van der Waals surface area contributed by atoms with Crippen molar-refractivity contribution in [2.24, 2.45) is 5.73 Å². The van der Waals surface area contributed by atoms with Gasteiger partial charge in [-0.05, 0) is 26.3 Å². The van der Waals surface area contributed by atoms with Crippen LogP contribution >= 0.6 is 0 Å². The van der Waals surface area contributed by atoms with E-state index in [4.69, 9.17) is 5.73 Å². The van der Waals surface area contributed by atoms with Crippen molar-refractivity contribution >= 4 is 6.09 Å². The van der Waals surface area contributed by atoms with E-state index in [-0.39, 0.29) is 12.1 Å². The van der Waals surface area contributed by atoms with Crippen molar-refractivity contribution in [3.8, 4) is 0 Å². The van der Waals surface area contributed by atoms with E-state index in [1.807, 2.05) is 0 Å². The zero-order valence-corrected chi connectivity index (χ0v) is 9.53. The second kappa shape index (κ2) is 5.92. The third-order valence-electron chi connectivity index (χ3n) is 2.93. The fourth-order valence-corrected chi connectivity index (χ4v) is 1.95. The minimum Gasteiger partial charge on any atom is -0.453 e. The first-order chi connectivity index (χ1) is 7.17. The first kappa shape index (κ1) is 12.3. The summed E-state index contributed by atoms with van der Waals surface area (Å²) >= 11 is 0. The lowest BCUT2D eigenvalue weighted by atomic mass is 10.2. The summed E-state index contributed by atoms with van der Waals surface area (Å²) in [6.07, 6.45) is 1.66. The van der Waals surface area contributed by atoms with Gasteiger partial charge >= 0.3 is 6.09 Å². The zero-order chi connectivity index (χ0) is 11.3. The number of hydrogen-bond donors (Lipinski definition) is 2. The van der Waals surface area contributed by atoms with Crippen molar-refractivity contribution < 1.29 is 9.53 Å². The summed E-state index contributed by atoms with van der Waals surface area (Å²) in [6, 6.07) is 0.720. The molecule has 0 radical (unpaired) electrons. The second-order valence-electron chi connectivity index (χ2n) is 4.04. The van der Waals surface area contributed by atoms with Crippen LogP contribution in [0.1, 0.15) is 19.8 Å². The van der Waals surface area contributed by atoms with E-state index in [0.717, 1.165) is 25.9 Å². The van der Waals surface area contributed by atoms with Crippen molar-refractivity contribution in [1.29, 1.82) is 0 Å². The van der Waals surface area contributed by atoms with Crippen LogP contribution in [-0.4, -0.2) is 49.8 Å². The van der Waals surface area contributed by atoms with Crippen LogP contribution in [0.5, 0.6) is 0 Å². The third-order valence-corrected chi connectivity index (χ3v) is 2.93. The molecule has 0 aromatic carbocycles. The lowest BCUT2D eigenvalue weighted by Gasteiger charge is -2.23. The average Bonchev–Trinajstić information content (AvgIpc) is 2.66. The Balaban J connectivity index is 2.29. The summed E-state index contributed by atoms with van der Waals surface area (Å²) in [5.41, 5.74) is 5.52. The summed E-state index contributed by atoms with van der Waals surface area (Å²) in [7, 11) is 1.39. The monoisotopic (exact) mass is 215 g/mol. The van der Waals surface area contributed by atoms with Gasteiger partial charge in [0, 0.05) is 25.2 Å². The molecule has 5 heteroatoms. The van der Waals surface area contributed by atoms with Crippen molar-refractivity contribution in [3.05, 3.63) is 0 Å². The number of likely N-dealkylation sites (tertiary alicyclic amines) is 1. The second-order valence-corrected chi connectivity index (χ2v) is 4.04. The third kappa shape index (κ3) is 3.68. The maximum absolute atomic E-state index is 11.0. The molecular weight excluding hydrogens is 194 g/mol. The molecular formula is C10H21N3O2. The van der Waals surface area contributed by atoms with Gasteiger partial charge in [-0.15, -0.1) is 0 Å². The molecule has 1 amide bonds. The van der Waals surface area contributed by atoms with E-state index in [9.17, 15) is 4.79 Å². The summed E-state index contributed by atoms with van der Waals surface area (Å²) in [6.45, 7) is 4.81. The molecule has 0 spiro atoms. The number of methoxy groups -OCH3 is 1. The van der Waals surface area contributed by atoms with Gasteiger partial charge in [-0.2, -0.15) is 0 Å². The van der Waals surface area contributed by atoms with Gasteiger partial charge in [0.2, 0.25) is 0 Å². The number of nitrogens with one attached hydrogen (secondary N) is 1. The normalized spacial score (nSPS) is 23.8. The van der Waals surface area contributed by atoms with Crippen LogP contribution < -0.4 is 11.1 Å². The first-order valence-electron chi connectivity index (χ1n) is 5.46. The van der Waals surface area contributed by atoms with Gasteiger partial charge in [0.25, 0.3) is 0 Å². The molecule has 2 atom stereocenters. The number of nitrogens with two attached hydrogens (primary N) is 1. The predicted molar refractivity (Wildman–Crippen MR) is 58.7 cm³/mol. The molecule has 2 unspecified atom stereocenters. The fraction of sp³-hybridized carbons (Fsp3) is 0.900. The molecule has 5 nitrogen and oxygen atoms in total. The number of hydrogen-bond acceptors (Lipinski definition) is 4. The van der Waals surface area contributed by atoms with Gasteiger partial charge in [-0.1, -0.05) is 0 Å². The molecule has 0 bridgehead atoms. The highest BCUT2D eigenvalue weighted by atomic mass is 16.5. The molecule has 3 N–H and O–H groups in total.